The third-order valence-corrected chi connectivity index (χ3v) is 6.23. The Morgan fingerprint density at radius 3 is 0.825 bits per heavy atom. The fourth-order valence-electron chi connectivity index (χ4n) is 4.42. The summed E-state index contributed by atoms with van der Waals surface area (Å²) < 4.78 is 19.3. The molecule has 0 atom stereocenters. The van der Waals surface area contributed by atoms with Crippen LogP contribution in [-0.4, -0.2) is 0 Å². The summed E-state index contributed by atoms with van der Waals surface area (Å²) in [7, 11) is 0. The summed E-state index contributed by atoms with van der Waals surface area (Å²) in [5, 5.41) is 0. The molecule has 0 N–H and O–H groups in total. The number of para-hydroxylation sites is 9. The molecular weight excluding hydrogens is 494 g/mol. The second-order valence-corrected chi connectivity index (χ2v) is 8.98. The molecule has 0 heterocycles. The maximum absolute atomic E-state index is 6.43. The van der Waals surface area contributed by atoms with Gasteiger partial charge in [-0.3, -0.25) is 4.90 Å². The summed E-state index contributed by atoms with van der Waals surface area (Å²) >= 11 is 0. The summed E-state index contributed by atoms with van der Waals surface area (Å²) in [5.41, 5.74) is 2.50. The SMILES string of the molecule is c1ccc(Oc2ccccc2N(c2ccccc2Oc2ccccc2)c2ccccc2Oc2ccccc2)cc1. The van der Waals surface area contributed by atoms with Gasteiger partial charge in [0.15, 0.2) is 17.2 Å². The molecule has 0 spiro atoms. The Bertz CT molecular complexity index is 1470. The van der Waals surface area contributed by atoms with Gasteiger partial charge in [-0.05, 0) is 72.8 Å². The van der Waals surface area contributed by atoms with E-state index in [9.17, 15) is 0 Å². The van der Waals surface area contributed by atoms with Gasteiger partial charge in [0, 0.05) is 0 Å². The standard InChI is InChI=1S/C36H27NO3/c1-4-16-28(17-5-1)38-34-25-13-10-22-31(34)37(32-23-11-14-26-35(32)39-29-18-6-2-7-19-29)33-24-12-15-27-36(33)40-30-20-8-3-9-21-30/h1-27H. The van der Waals surface area contributed by atoms with E-state index < -0.39 is 0 Å². The van der Waals surface area contributed by atoms with Crippen LogP contribution in [0, 0.1) is 0 Å². The Balaban J connectivity index is 1.52. The van der Waals surface area contributed by atoms with Crippen LogP contribution in [-0.2, 0) is 0 Å². The minimum Gasteiger partial charge on any atom is -0.455 e. The molecule has 6 rings (SSSR count). The fraction of sp³-hybridized carbons (Fsp3) is 0. The smallest absolute Gasteiger partial charge is 0.151 e. The first-order chi connectivity index (χ1) is 19.8. The quantitative estimate of drug-likeness (QED) is 0.189. The number of benzene rings is 6. The highest BCUT2D eigenvalue weighted by Gasteiger charge is 2.24. The highest BCUT2D eigenvalue weighted by molar-refractivity contribution is 5.86. The normalized spacial score (nSPS) is 10.5. The third-order valence-electron chi connectivity index (χ3n) is 6.23. The molecule has 0 bridgehead atoms. The van der Waals surface area contributed by atoms with E-state index in [-0.39, 0.29) is 0 Å². The van der Waals surface area contributed by atoms with E-state index in [4.69, 9.17) is 14.2 Å². The second kappa shape index (κ2) is 11.9. The van der Waals surface area contributed by atoms with Crippen molar-refractivity contribution >= 4 is 17.1 Å². The van der Waals surface area contributed by atoms with Crippen molar-refractivity contribution in [2.24, 2.45) is 0 Å². The number of anilines is 3. The summed E-state index contributed by atoms with van der Waals surface area (Å²) in [6, 6.07) is 53.3. The van der Waals surface area contributed by atoms with Crippen molar-refractivity contribution in [3.63, 3.8) is 0 Å². The molecule has 0 radical (unpaired) electrons. The first kappa shape index (κ1) is 24.8. The third kappa shape index (κ3) is 5.66. The molecule has 0 saturated carbocycles. The molecule has 0 aliphatic heterocycles. The lowest BCUT2D eigenvalue weighted by molar-refractivity contribution is 0.476. The van der Waals surface area contributed by atoms with Gasteiger partial charge in [-0.15, -0.1) is 0 Å². The van der Waals surface area contributed by atoms with Crippen molar-refractivity contribution in [2.75, 3.05) is 4.90 Å². The molecule has 0 aromatic heterocycles. The average molecular weight is 522 g/mol. The molecule has 40 heavy (non-hydrogen) atoms. The summed E-state index contributed by atoms with van der Waals surface area (Å²) in [5.74, 6) is 4.32. The number of ether oxygens (including phenoxy) is 3. The van der Waals surface area contributed by atoms with E-state index in [0.29, 0.717) is 17.2 Å². The molecule has 4 heteroatoms. The van der Waals surface area contributed by atoms with Gasteiger partial charge >= 0.3 is 0 Å². The van der Waals surface area contributed by atoms with E-state index in [1.807, 2.05) is 164 Å². The minimum absolute atomic E-state index is 0.692. The van der Waals surface area contributed by atoms with Gasteiger partial charge in [-0.2, -0.15) is 0 Å². The lowest BCUT2D eigenvalue weighted by atomic mass is 10.1. The molecule has 194 valence electrons. The van der Waals surface area contributed by atoms with Gasteiger partial charge in [-0.25, -0.2) is 0 Å². The van der Waals surface area contributed by atoms with Gasteiger partial charge in [0.1, 0.15) is 17.2 Å². The summed E-state index contributed by atoms with van der Waals surface area (Å²) in [6.07, 6.45) is 0. The van der Waals surface area contributed by atoms with Crippen LogP contribution in [0.15, 0.2) is 164 Å². The molecule has 0 aliphatic rings. The Kier molecular flexibility index (Phi) is 7.40. The Morgan fingerprint density at radius 2 is 0.525 bits per heavy atom. The van der Waals surface area contributed by atoms with E-state index >= 15 is 0 Å². The topological polar surface area (TPSA) is 30.9 Å². The molecule has 6 aromatic carbocycles. The van der Waals surface area contributed by atoms with Crippen molar-refractivity contribution in [3.05, 3.63) is 164 Å². The number of hydrogen-bond acceptors (Lipinski definition) is 4. The fourth-order valence-corrected chi connectivity index (χ4v) is 4.42. The zero-order valence-electron chi connectivity index (χ0n) is 21.8. The molecule has 0 aliphatic carbocycles. The maximum Gasteiger partial charge on any atom is 0.151 e. The van der Waals surface area contributed by atoms with Gasteiger partial charge in [0.05, 0.1) is 17.1 Å². The molecule has 0 unspecified atom stereocenters. The second-order valence-electron chi connectivity index (χ2n) is 8.98. The van der Waals surface area contributed by atoms with Crippen LogP contribution in [0.25, 0.3) is 0 Å². The van der Waals surface area contributed by atoms with Crippen LogP contribution < -0.4 is 19.1 Å². The lowest BCUT2D eigenvalue weighted by Crippen LogP contribution is -2.13. The van der Waals surface area contributed by atoms with Crippen molar-refractivity contribution < 1.29 is 14.2 Å². The molecule has 0 fully saturated rings. The zero-order valence-corrected chi connectivity index (χ0v) is 21.8. The number of hydrogen-bond donors (Lipinski definition) is 0. The van der Waals surface area contributed by atoms with E-state index in [1.165, 1.54) is 0 Å². The minimum atomic E-state index is 0.692. The molecule has 0 saturated heterocycles. The predicted octanol–water partition coefficient (Wildman–Crippen LogP) is 10.5. The van der Waals surface area contributed by atoms with Crippen LogP contribution in [0.4, 0.5) is 17.1 Å². The van der Waals surface area contributed by atoms with E-state index in [1.54, 1.807) is 0 Å². The molecule has 0 amide bonds. The highest BCUT2D eigenvalue weighted by atomic mass is 16.5. The van der Waals surface area contributed by atoms with Crippen LogP contribution >= 0.6 is 0 Å². The van der Waals surface area contributed by atoms with Crippen molar-refractivity contribution in [1.29, 1.82) is 0 Å². The molecular formula is C36H27NO3. The van der Waals surface area contributed by atoms with Crippen molar-refractivity contribution in [3.8, 4) is 34.5 Å². The van der Waals surface area contributed by atoms with Gasteiger partial charge < -0.3 is 14.2 Å². The first-order valence-electron chi connectivity index (χ1n) is 13.1. The van der Waals surface area contributed by atoms with Crippen molar-refractivity contribution in [1.82, 2.24) is 0 Å². The van der Waals surface area contributed by atoms with Crippen LogP contribution in [0.1, 0.15) is 0 Å². The number of nitrogens with zero attached hydrogens (tertiary/aromatic N) is 1. The molecule has 6 aromatic rings. The van der Waals surface area contributed by atoms with Gasteiger partial charge in [-0.1, -0.05) is 91.0 Å². The zero-order chi connectivity index (χ0) is 27.0. The van der Waals surface area contributed by atoms with Crippen molar-refractivity contribution in [2.45, 2.75) is 0 Å². The summed E-state index contributed by atoms with van der Waals surface area (Å²) in [6.45, 7) is 0. The van der Waals surface area contributed by atoms with Gasteiger partial charge in [0.25, 0.3) is 0 Å². The number of rotatable bonds is 9. The van der Waals surface area contributed by atoms with E-state index in [0.717, 1.165) is 34.3 Å². The Labute approximate surface area is 234 Å². The highest BCUT2D eigenvalue weighted by Crippen LogP contribution is 2.49. The van der Waals surface area contributed by atoms with Gasteiger partial charge in [0.2, 0.25) is 0 Å². The van der Waals surface area contributed by atoms with Crippen LogP contribution in [0.2, 0.25) is 0 Å². The maximum atomic E-state index is 6.43. The van der Waals surface area contributed by atoms with Crippen LogP contribution in [0.5, 0.6) is 34.5 Å². The monoisotopic (exact) mass is 521 g/mol. The Morgan fingerprint density at radius 1 is 0.275 bits per heavy atom. The Hall–Kier alpha value is -5.48. The average Bonchev–Trinajstić information content (AvgIpc) is 3.01. The molecule has 4 nitrogen and oxygen atoms in total. The lowest BCUT2D eigenvalue weighted by Gasteiger charge is -2.30. The predicted molar refractivity (Wildman–Crippen MR) is 161 cm³/mol. The summed E-state index contributed by atoms with van der Waals surface area (Å²) in [4.78, 5) is 2.12. The van der Waals surface area contributed by atoms with Crippen LogP contribution in [0.3, 0.4) is 0 Å². The van der Waals surface area contributed by atoms with E-state index in [2.05, 4.69) is 4.90 Å². The first-order valence-corrected chi connectivity index (χ1v) is 13.1. The largest absolute Gasteiger partial charge is 0.455 e.